The summed E-state index contributed by atoms with van der Waals surface area (Å²) in [6.07, 6.45) is 4.08. The summed E-state index contributed by atoms with van der Waals surface area (Å²) >= 11 is 0. The highest BCUT2D eigenvalue weighted by Crippen LogP contribution is 2.39. The van der Waals surface area contributed by atoms with Crippen LogP contribution < -0.4 is 0 Å². The maximum absolute atomic E-state index is 6.33. The molecule has 0 bridgehead atoms. The van der Waals surface area contributed by atoms with Crippen molar-refractivity contribution in [1.29, 1.82) is 0 Å². The average Bonchev–Trinajstić information content (AvgIpc) is 3.67. The predicted octanol–water partition coefficient (Wildman–Crippen LogP) is 5.61. The number of benzene rings is 4. The molecule has 2 aromatic heterocycles. The van der Waals surface area contributed by atoms with Gasteiger partial charge in [-0.3, -0.25) is 0 Å². The number of aromatic nitrogens is 4. The molecular weight excluding hydrogens is 436 g/mol. The number of rotatable bonds is 4. The van der Waals surface area contributed by atoms with Gasteiger partial charge in [-0.1, -0.05) is 60.7 Å². The molecule has 3 heterocycles. The molecule has 1 saturated heterocycles. The molecule has 1 aliphatic heterocycles. The fourth-order valence-electron chi connectivity index (χ4n) is 4.81. The van der Waals surface area contributed by atoms with Crippen molar-refractivity contribution < 1.29 is 9.47 Å². The highest BCUT2D eigenvalue weighted by atomic mass is 16.7. The summed E-state index contributed by atoms with van der Waals surface area (Å²) in [6, 6.07) is 32.6. The second-order valence-corrected chi connectivity index (χ2v) is 8.68. The summed E-state index contributed by atoms with van der Waals surface area (Å²) in [5.74, 6) is -0.995. The van der Waals surface area contributed by atoms with Gasteiger partial charge in [0.05, 0.1) is 35.6 Å². The first kappa shape index (κ1) is 20.1. The lowest BCUT2D eigenvalue weighted by Gasteiger charge is -2.29. The minimum Gasteiger partial charge on any atom is -0.340 e. The Kier molecular flexibility index (Phi) is 4.55. The van der Waals surface area contributed by atoms with Crippen LogP contribution in [0, 0.1) is 0 Å². The molecule has 0 atom stereocenters. The number of hydrogen-bond acceptors (Lipinski definition) is 4. The van der Waals surface area contributed by atoms with Gasteiger partial charge < -0.3 is 9.47 Å². The zero-order chi connectivity index (χ0) is 23.2. The third kappa shape index (κ3) is 3.34. The van der Waals surface area contributed by atoms with Crippen LogP contribution >= 0.6 is 0 Å². The zero-order valence-electron chi connectivity index (χ0n) is 18.9. The van der Waals surface area contributed by atoms with E-state index in [1.807, 2.05) is 94.6 Å². The molecule has 0 N–H and O–H groups in total. The molecular formula is C29H22N4O2. The Balaban J connectivity index is 1.32. The third-order valence-corrected chi connectivity index (χ3v) is 6.50. The lowest BCUT2D eigenvalue weighted by Crippen LogP contribution is -2.29. The van der Waals surface area contributed by atoms with Crippen LogP contribution in [0.5, 0.6) is 0 Å². The van der Waals surface area contributed by atoms with Crippen molar-refractivity contribution in [2.24, 2.45) is 0 Å². The first-order chi connectivity index (χ1) is 17.3. The lowest BCUT2D eigenvalue weighted by molar-refractivity contribution is -0.129. The Hall–Kier alpha value is -4.26. The predicted molar refractivity (Wildman–Crippen MR) is 135 cm³/mol. The van der Waals surface area contributed by atoms with Crippen LogP contribution in [0.25, 0.3) is 33.2 Å². The SMILES string of the molecule is c1cc(-n2cc3ccccc3n2)cc(C2(c3cccc(-n4cc5ccccc5n4)c3)OCCO2)c1. The molecule has 6 nitrogen and oxygen atoms in total. The highest BCUT2D eigenvalue weighted by molar-refractivity contribution is 5.79. The van der Waals surface area contributed by atoms with Crippen LogP contribution in [0.2, 0.25) is 0 Å². The molecule has 4 aromatic carbocycles. The van der Waals surface area contributed by atoms with Crippen molar-refractivity contribution in [3.05, 3.63) is 121 Å². The van der Waals surface area contributed by atoms with E-state index in [4.69, 9.17) is 19.7 Å². The first-order valence-corrected chi connectivity index (χ1v) is 11.7. The van der Waals surface area contributed by atoms with Gasteiger partial charge >= 0.3 is 0 Å². The molecule has 0 unspecified atom stereocenters. The maximum Gasteiger partial charge on any atom is 0.222 e. The van der Waals surface area contributed by atoms with E-state index in [0.29, 0.717) is 13.2 Å². The van der Waals surface area contributed by atoms with E-state index in [2.05, 4.69) is 24.3 Å². The highest BCUT2D eigenvalue weighted by Gasteiger charge is 2.41. The number of hydrogen-bond donors (Lipinski definition) is 0. The number of nitrogens with zero attached hydrogens (tertiary/aromatic N) is 4. The fraction of sp³-hybridized carbons (Fsp3) is 0.103. The fourth-order valence-corrected chi connectivity index (χ4v) is 4.81. The van der Waals surface area contributed by atoms with Gasteiger partial charge in [0.25, 0.3) is 0 Å². The molecule has 0 saturated carbocycles. The van der Waals surface area contributed by atoms with Gasteiger partial charge in [-0.05, 0) is 36.4 Å². The molecule has 7 rings (SSSR count). The van der Waals surface area contributed by atoms with Gasteiger partial charge in [0.2, 0.25) is 5.79 Å². The van der Waals surface area contributed by atoms with E-state index in [0.717, 1.165) is 44.3 Å². The molecule has 0 amide bonds. The van der Waals surface area contributed by atoms with E-state index in [1.54, 1.807) is 0 Å². The summed E-state index contributed by atoms with van der Waals surface area (Å²) in [7, 11) is 0. The van der Waals surface area contributed by atoms with Crippen molar-refractivity contribution in [3.63, 3.8) is 0 Å². The van der Waals surface area contributed by atoms with Crippen LogP contribution in [0.15, 0.2) is 109 Å². The van der Waals surface area contributed by atoms with Crippen molar-refractivity contribution in [2.75, 3.05) is 13.2 Å². The maximum atomic E-state index is 6.33. The van der Waals surface area contributed by atoms with Crippen LogP contribution in [0.3, 0.4) is 0 Å². The van der Waals surface area contributed by atoms with Crippen LogP contribution in [-0.4, -0.2) is 32.8 Å². The molecule has 6 aromatic rings. The summed E-state index contributed by atoms with van der Waals surface area (Å²) in [6.45, 7) is 1.04. The Labute approximate surface area is 201 Å². The van der Waals surface area contributed by atoms with Gasteiger partial charge in [-0.25, -0.2) is 9.36 Å². The summed E-state index contributed by atoms with van der Waals surface area (Å²) in [5, 5.41) is 11.7. The number of fused-ring (bicyclic) bond motifs is 2. The van der Waals surface area contributed by atoms with E-state index in [-0.39, 0.29) is 0 Å². The number of ether oxygens (including phenoxy) is 2. The smallest absolute Gasteiger partial charge is 0.222 e. The lowest BCUT2D eigenvalue weighted by atomic mass is 9.96. The van der Waals surface area contributed by atoms with Crippen molar-refractivity contribution in [1.82, 2.24) is 19.6 Å². The van der Waals surface area contributed by atoms with E-state index >= 15 is 0 Å². The Morgan fingerprint density at radius 2 is 1.06 bits per heavy atom. The average molecular weight is 459 g/mol. The van der Waals surface area contributed by atoms with Gasteiger partial charge in [0.1, 0.15) is 0 Å². The molecule has 170 valence electrons. The standard InChI is InChI=1S/C29H22N4O2/c1-3-13-27-21(7-1)19-32(30-27)25-11-5-9-23(17-25)29(34-15-16-35-29)24-10-6-12-26(18-24)33-20-22-8-2-4-14-28(22)31-33/h1-14,17-20H,15-16H2. The van der Waals surface area contributed by atoms with E-state index in [1.165, 1.54) is 0 Å². The van der Waals surface area contributed by atoms with Crippen molar-refractivity contribution >= 4 is 21.8 Å². The molecule has 35 heavy (non-hydrogen) atoms. The summed E-state index contributed by atoms with van der Waals surface area (Å²) in [5.41, 5.74) is 5.67. The Morgan fingerprint density at radius 1 is 0.571 bits per heavy atom. The van der Waals surface area contributed by atoms with Crippen LogP contribution in [0.4, 0.5) is 0 Å². The molecule has 0 spiro atoms. The first-order valence-electron chi connectivity index (χ1n) is 11.7. The van der Waals surface area contributed by atoms with Gasteiger partial charge in [-0.15, -0.1) is 0 Å². The largest absolute Gasteiger partial charge is 0.340 e. The van der Waals surface area contributed by atoms with Gasteiger partial charge in [0, 0.05) is 34.3 Å². The topological polar surface area (TPSA) is 54.1 Å². The molecule has 0 radical (unpaired) electrons. The summed E-state index contributed by atoms with van der Waals surface area (Å²) < 4.78 is 16.5. The van der Waals surface area contributed by atoms with Crippen molar-refractivity contribution in [2.45, 2.75) is 5.79 Å². The molecule has 0 aliphatic carbocycles. The Bertz CT molecular complexity index is 1490. The minimum absolute atomic E-state index is 0.520. The third-order valence-electron chi connectivity index (χ3n) is 6.50. The van der Waals surface area contributed by atoms with Gasteiger partial charge in [-0.2, -0.15) is 10.2 Å². The summed E-state index contributed by atoms with van der Waals surface area (Å²) in [4.78, 5) is 0. The molecule has 1 aliphatic rings. The van der Waals surface area contributed by atoms with Crippen molar-refractivity contribution in [3.8, 4) is 11.4 Å². The molecule has 1 fully saturated rings. The van der Waals surface area contributed by atoms with Gasteiger partial charge in [0.15, 0.2) is 0 Å². The van der Waals surface area contributed by atoms with Crippen LogP contribution in [0.1, 0.15) is 11.1 Å². The molecule has 6 heteroatoms. The quantitative estimate of drug-likeness (QED) is 0.344. The Morgan fingerprint density at radius 3 is 1.54 bits per heavy atom. The second kappa shape index (κ2) is 7.91. The monoisotopic (exact) mass is 458 g/mol. The van der Waals surface area contributed by atoms with E-state index < -0.39 is 5.79 Å². The zero-order valence-corrected chi connectivity index (χ0v) is 18.9. The normalized spacial score (nSPS) is 15.2. The van der Waals surface area contributed by atoms with E-state index in [9.17, 15) is 0 Å². The second-order valence-electron chi connectivity index (χ2n) is 8.68. The minimum atomic E-state index is -0.995. The van der Waals surface area contributed by atoms with Crippen LogP contribution in [-0.2, 0) is 15.3 Å².